The van der Waals surface area contributed by atoms with E-state index < -0.39 is 16.2 Å². The largest absolute Gasteiger partial charge is 0.307 e. The second kappa shape index (κ2) is 4.65. The molecule has 1 aliphatic carbocycles. The summed E-state index contributed by atoms with van der Waals surface area (Å²) in [7, 11) is -4.01. The molecule has 3 rings (SSSR count). The van der Waals surface area contributed by atoms with E-state index in [0.29, 0.717) is 6.54 Å². The molecule has 108 valence electrons. The normalized spacial score (nSPS) is 26.2. The number of piperidine rings is 1. The molecular weight excluding hydrogens is 276 g/mol. The third-order valence-corrected chi connectivity index (χ3v) is 4.92. The summed E-state index contributed by atoms with van der Waals surface area (Å²) in [5, 5.41) is 3.13. The van der Waals surface area contributed by atoms with E-state index in [1.54, 1.807) is 0 Å². The fraction of sp³-hybridized carbons (Fsp3) is 0.500. The summed E-state index contributed by atoms with van der Waals surface area (Å²) in [4.78, 5) is 4.61. The van der Waals surface area contributed by atoms with E-state index in [-0.39, 0.29) is 5.75 Å². The van der Waals surface area contributed by atoms with Crippen molar-refractivity contribution in [2.24, 2.45) is 4.99 Å². The summed E-state index contributed by atoms with van der Waals surface area (Å²) in [5.41, 5.74) is 6.70. The zero-order valence-corrected chi connectivity index (χ0v) is 12.4. The van der Waals surface area contributed by atoms with Crippen LogP contribution in [0.2, 0.25) is 0 Å². The smallest absolute Gasteiger partial charge is 0.266 e. The maximum Gasteiger partial charge on any atom is 0.266 e. The van der Waals surface area contributed by atoms with E-state index in [2.05, 4.69) is 30.2 Å². The molecule has 1 unspecified atom stereocenters. The Balaban J connectivity index is 1.99. The molecule has 1 saturated heterocycles. The molecule has 2 N–H and O–H groups in total. The molecule has 2 aliphatic heterocycles. The predicted molar refractivity (Wildman–Crippen MR) is 78.4 cm³/mol. The van der Waals surface area contributed by atoms with Crippen LogP contribution in [-0.4, -0.2) is 37.0 Å². The molecule has 3 aliphatic rings. The van der Waals surface area contributed by atoms with E-state index in [1.165, 1.54) is 16.7 Å². The summed E-state index contributed by atoms with van der Waals surface area (Å²) in [6, 6.07) is -0.409. The fourth-order valence-corrected chi connectivity index (χ4v) is 3.70. The van der Waals surface area contributed by atoms with Crippen LogP contribution in [0.5, 0.6) is 0 Å². The number of fused-ring (bicyclic) bond motifs is 2. The molecule has 1 fully saturated rings. The van der Waals surface area contributed by atoms with Crippen LogP contribution in [0.3, 0.4) is 0 Å². The first-order valence-electron chi connectivity index (χ1n) is 6.73. The highest BCUT2D eigenvalue weighted by Crippen LogP contribution is 2.38. The van der Waals surface area contributed by atoms with Gasteiger partial charge in [0.25, 0.3) is 10.1 Å². The molecule has 6 heteroatoms. The number of rotatable bonds is 2. The highest BCUT2D eigenvalue weighted by atomic mass is 32.2. The molecule has 1 atom stereocenters. The van der Waals surface area contributed by atoms with Crippen molar-refractivity contribution < 1.29 is 13.0 Å². The third kappa shape index (κ3) is 2.39. The lowest BCUT2D eigenvalue weighted by Gasteiger charge is -2.25. The number of nitrogens with zero attached hydrogens (tertiary/aromatic N) is 1. The van der Waals surface area contributed by atoms with E-state index in [1.807, 2.05) is 0 Å². The number of hydrogen-bond acceptors (Lipinski definition) is 4. The molecule has 20 heavy (non-hydrogen) atoms. The van der Waals surface area contributed by atoms with Crippen molar-refractivity contribution >= 4 is 15.8 Å². The van der Waals surface area contributed by atoms with Gasteiger partial charge < -0.3 is 5.32 Å². The van der Waals surface area contributed by atoms with Crippen LogP contribution in [0.25, 0.3) is 0 Å². The minimum absolute atomic E-state index is 0.318. The van der Waals surface area contributed by atoms with Crippen molar-refractivity contribution in [2.45, 2.75) is 32.7 Å². The number of nitrogens with one attached hydrogen (secondary N) is 1. The Hall–Kier alpha value is -1.24. The summed E-state index contributed by atoms with van der Waals surface area (Å²) < 4.78 is 31.3. The highest BCUT2D eigenvalue weighted by Gasteiger charge is 2.35. The zero-order chi connectivity index (χ0) is 14.5. The van der Waals surface area contributed by atoms with E-state index in [0.717, 1.165) is 29.8 Å². The average molecular weight is 294 g/mol. The standard InChI is InChI=1S/C14H18N2O3S/c1-8-5-11-10-3-4-15-13(7-20(17,18)19)14(10)16-12(11)6-9(8)2/h6,13,15H,3-5,7H2,1-2H3,(H,17,18,19). The van der Waals surface area contributed by atoms with Gasteiger partial charge in [0, 0.05) is 0 Å². The summed E-state index contributed by atoms with van der Waals surface area (Å²) in [5.74, 6) is -0.318. The van der Waals surface area contributed by atoms with Gasteiger partial charge in [-0.25, -0.2) is 0 Å². The topological polar surface area (TPSA) is 78.8 Å². The molecule has 0 radical (unpaired) electrons. The van der Waals surface area contributed by atoms with E-state index >= 15 is 0 Å². The molecular formula is C14H18N2O3S. The van der Waals surface area contributed by atoms with Crippen molar-refractivity contribution in [3.05, 3.63) is 34.1 Å². The highest BCUT2D eigenvalue weighted by molar-refractivity contribution is 7.85. The van der Waals surface area contributed by atoms with Crippen LogP contribution in [-0.2, 0) is 10.1 Å². The number of hydrogen-bond donors (Lipinski definition) is 2. The Morgan fingerprint density at radius 3 is 2.85 bits per heavy atom. The second-order valence-electron chi connectivity index (χ2n) is 5.63. The van der Waals surface area contributed by atoms with Crippen molar-refractivity contribution in [3.63, 3.8) is 0 Å². The predicted octanol–water partition coefficient (Wildman–Crippen LogP) is 1.61. The van der Waals surface area contributed by atoms with E-state index in [9.17, 15) is 8.42 Å². The van der Waals surface area contributed by atoms with E-state index in [4.69, 9.17) is 4.55 Å². The van der Waals surface area contributed by atoms with Gasteiger partial charge >= 0.3 is 0 Å². The molecule has 5 nitrogen and oxygen atoms in total. The Morgan fingerprint density at radius 1 is 1.40 bits per heavy atom. The minimum Gasteiger partial charge on any atom is -0.307 e. The van der Waals surface area contributed by atoms with Crippen LogP contribution < -0.4 is 5.32 Å². The summed E-state index contributed by atoms with van der Waals surface area (Å²) >= 11 is 0. The quantitative estimate of drug-likeness (QED) is 0.758. The lowest BCUT2D eigenvalue weighted by Crippen LogP contribution is -2.46. The minimum atomic E-state index is -4.01. The molecule has 0 saturated carbocycles. The SMILES string of the molecule is CC1=C(C)CC2=C3CCNC(CS(=O)(=O)O)C3=NC2=C1. The lowest BCUT2D eigenvalue weighted by atomic mass is 9.87. The monoisotopic (exact) mass is 294 g/mol. The Kier molecular flexibility index (Phi) is 3.19. The van der Waals surface area contributed by atoms with Crippen LogP contribution in [0.1, 0.15) is 26.7 Å². The molecule has 0 spiro atoms. The third-order valence-electron chi connectivity index (χ3n) is 4.16. The molecule has 0 bridgehead atoms. The van der Waals surface area contributed by atoms with Crippen LogP contribution in [0.15, 0.2) is 39.1 Å². The molecule has 0 aromatic heterocycles. The van der Waals surface area contributed by atoms with Crippen molar-refractivity contribution in [1.82, 2.24) is 5.32 Å². The van der Waals surface area contributed by atoms with Crippen LogP contribution in [0.4, 0.5) is 0 Å². The number of allylic oxidation sites excluding steroid dienone is 4. The maximum absolute atomic E-state index is 11.1. The molecule has 2 heterocycles. The second-order valence-corrected chi connectivity index (χ2v) is 7.13. The molecule has 0 amide bonds. The van der Waals surface area contributed by atoms with Gasteiger partial charge in [0.05, 0.1) is 23.2 Å². The molecule has 0 aromatic carbocycles. The fourth-order valence-electron chi connectivity index (χ4n) is 3.01. The van der Waals surface area contributed by atoms with Crippen molar-refractivity contribution in [3.8, 4) is 0 Å². The van der Waals surface area contributed by atoms with Gasteiger partial charge in [0.15, 0.2) is 0 Å². The average Bonchev–Trinajstić information content (AvgIpc) is 2.67. The van der Waals surface area contributed by atoms with Crippen molar-refractivity contribution in [1.29, 1.82) is 0 Å². The van der Waals surface area contributed by atoms with Gasteiger partial charge in [-0.3, -0.25) is 9.55 Å². The lowest BCUT2D eigenvalue weighted by molar-refractivity contribution is 0.475. The van der Waals surface area contributed by atoms with Gasteiger partial charge in [-0.05, 0) is 56.0 Å². The number of aliphatic imine (C=N–C) groups is 1. The molecule has 0 aromatic rings. The van der Waals surface area contributed by atoms with Crippen LogP contribution >= 0.6 is 0 Å². The van der Waals surface area contributed by atoms with Crippen LogP contribution in [0, 0.1) is 0 Å². The maximum atomic E-state index is 11.1. The Bertz CT molecular complexity index is 696. The van der Waals surface area contributed by atoms with Gasteiger partial charge in [0.1, 0.15) is 0 Å². The zero-order valence-electron chi connectivity index (χ0n) is 11.6. The van der Waals surface area contributed by atoms with Gasteiger partial charge in [0.2, 0.25) is 0 Å². The van der Waals surface area contributed by atoms with Gasteiger partial charge in [-0.15, -0.1) is 0 Å². The van der Waals surface area contributed by atoms with Gasteiger partial charge in [-0.2, -0.15) is 8.42 Å². The Labute approximate surface area is 118 Å². The first kappa shape index (κ1) is 13.7. The Morgan fingerprint density at radius 2 is 2.15 bits per heavy atom. The summed E-state index contributed by atoms with van der Waals surface area (Å²) in [6.45, 7) is 4.90. The van der Waals surface area contributed by atoms with Crippen molar-refractivity contribution in [2.75, 3.05) is 12.3 Å². The van der Waals surface area contributed by atoms with Gasteiger partial charge in [-0.1, -0.05) is 5.57 Å². The first-order valence-corrected chi connectivity index (χ1v) is 8.34. The summed E-state index contributed by atoms with van der Waals surface area (Å²) in [6.07, 6.45) is 3.81. The first-order chi connectivity index (χ1) is 9.35.